The van der Waals surface area contributed by atoms with E-state index in [1.165, 1.54) is 0 Å². The summed E-state index contributed by atoms with van der Waals surface area (Å²) in [4.78, 5) is 0. The molecule has 1 aromatic carbocycles. The number of ether oxygens (including phenoxy) is 1. The lowest BCUT2D eigenvalue weighted by atomic mass is 10.2. The largest absolute Gasteiger partial charge is 0.488 e. The van der Waals surface area contributed by atoms with Gasteiger partial charge in [0.1, 0.15) is 0 Å². The Bertz CT molecular complexity index is 333. The van der Waals surface area contributed by atoms with E-state index in [2.05, 4.69) is 0 Å². The van der Waals surface area contributed by atoms with E-state index in [9.17, 15) is 8.78 Å². The number of nitrogens with two attached hydrogens (primary N) is 1. The summed E-state index contributed by atoms with van der Waals surface area (Å²) >= 11 is 0. The summed E-state index contributed by atoms with van der Waals surface area (Å²) in [6.45, 7) is 1.71. The first-order valence-corrected chi connectivity index (χ1v) is 5.03. The van der Waals surface area contributed by atoms with Gasteiger partial charge in [0.05, 0.1) is 12.7 Å². The van der Waals surface area contributed by atoms with Crippen molar-refractivity contribution in [2.24, 2.45) is 5.73 Å². The van der Waals surface area contributed by atoms with Gasteiger partial charge in [0, 0.05) is 13.0 Å². The SMILES string of the molecule is CC(O)CCOc1c(F)cc(CN)cc1F. The topological polar surface area (TPSA) is 55.5 Å². The normalized spacial score (nSPS) is 12.6. The average molecular weight is 231 g/mol. The van der Waals surface area contributed by atoms with Crippen molar-refractivity contribution in [2.75, 3.05) is 6.61 Å². The molecule has 0 fully saturated rings. The van der Waals surface area contributed by atoms with Crippen molar-refractivity contribution >= 4 is 0 Å². The van der Waals surface area contributed by atoms with E-state index < -0.39 is 23.5 Å². The van der Waals surface area contributed by atoms with Gasteiger partial charge in [-0.05, 0) is 24.6 Å². The molecule has 0 bridgehead atoms. The molecule has 1 atom stereocenters. The predicted molar refractivity (Wildman–Crippen MR) is 56.0 cm³/mol. The Morgan fingerprint density at radius 3 is 2.38 bits per heavy atom. The first-order chi connectivity index (χ1) is 7.54. The molecule has 0 saturated carbocycles. The standard InChI is InChI=1S/C11H15F2NO2/c1-7(15)2-3-16-11-9(12)4-8(6-14)5-10(11)13/h4-5,7,15H,2-3,6,14H2,1H3. The van der Waals surface area contributed by atoms with E-state index in [0.717, 1.165) is 12.1 Å². The third-order valence-corrected chi connectivity index (χ3v) is 2.08. The molecule has 0 spiro atoms. The van der Waals surface area contributed by atoms with Crippen LogP contribution in [0.2, 0.25) is 0 Å². The second kappa shape index (κ2) is 5.77. The van der Waals surface area contributed by atoms with E-state index in [4.69, 9.17) is 15.6 Å². The maximum absolute atomic E-state index is 13.3. The van der Waals surface area contributed by atoms with Crippen LogP contribution in [0.1, 0.15) is 18.9 Å². The summed E-state index contributed by atoms with van der Waals surface area (Å²) in [5.74, 6) is -1.96. The van der Waals surface area contributed by atoms with Crippen molar-refractivity contribution in [3.63, 3.8) is 0 Å². The van der Waals surface area contributed by atoms with Crippen LogP contribution in [0.15, 0.2) is 12.1 Å². The van der Waals surface area contributed by atoms with Crippen LogP contribution in [0.4, 0.5) is 8.78 Å². The number of aliphatic hydroxyl groups is 1. The second-order valence-corrected chi connectivity index (χ2v) is 3.58. The molecule has 1 rings (SSSR count). The molecule has 1 aromatic rings. The first-order valence-electron chi connectivity index (χ1n) is 5.03. The average Bonchev–Trinajstić information content (AvgIpc) is 2.21. The number of hydrogen-bond acceptors (Lipinski definition) is 3. The molecule has 5 heteroatoms. The summed E-state index contributed by atoms with van der Waals surface area (Å²) in [6.07, 6.45) is -0.244. The quantitative estimate of drug-likeness (QED) is 0.808. The number of benzene rings is 1. The summed E-state index contributed by atoms with van der Waals surface area (Å²) in [6, 6.07) is 2.28. The minimum Gasteiger partial charge on any atom is -0.488 e. The van der Waals surface area contributed by atoms with E-state index in [-0.39, 0.29) is 13.2 Å². The molecule has 90 valence electrons. The van der Waals surface area contributed by atoms with Crippen molar-refractivity contribution in [1.82, 2.24) is 0 Å². The molecule has 1 unspecified atom stereocenters. The number of aliphatic hydroxyl groups excluding tert-OH is 1. The molecule has 0 aliphatic rings. The van der Waals surface area contributed by atoms with Crippen LogP contribution in [0.25, 0.3) is 0 Å². The summed E-state index contributed by atoms with van der Waals surface area (Å²) in [5, 5.41) is 8.97. The van der Waals surface area contributed by atoms with E-state index in [1.807, 2.05) is 0 Å². The van der Waals surface area contributed by atoms with Gasteiger partial charge >= 0.3 is 0 Å². The fourth-order valence-electron chi connectivity index (χ4n) is 1.20. The van der Waals surface area contributed by atoms with Crippen molar-refractivity contribution in [3.05, 3.63) is 29.3 Å². The van der Waals surface area contributed by atoms with Gasteiger partial charge < -0.3 is 15.6 Å². The maximum atomic E-state index is 13.3. The molecule has 3 nitrogen and oxygen atoms in total. The first kappa shape index (κ1) is 12.9. The lowest BCUT2D eigenvalue weighted by Crippen LogP contribution is -2.09. The highest BCUT2D eigenvalue weighted by atomic mass is 19.1. The molecule has 0 aliphatic heterocycles. The lowest BCUT2D eigenvalue weighted by molar-refractivity contribution is 0.152. The minimum atomic E-state index is -0.772. The number of halogens is 2. The molecule has 3 N–H and O–H groups in total. The van der Waals surface area contributed by atoms with Crippen LogP contribution in [-0.2, 0) is 6.54 Å². The van der Waals surface area contributed by atoms with Gasteiger partial charge in [-0.3, -0.25) is 0 Å². The van der Waals surface area contributed by atoms with E-state index in [1.54, 1.807) is 6.92 Å². The maximum Gasteiger partial charge on any atom is 0.190 e. The summed E-state index contributed by atoms with van der Waals surface area (Å²) < 4.78 is 31.6. The zero-order valence-electron chi connectivity index (χ0n) is 9.04. The highest BCUT2D eigenvalue weighted by Crippen LogP contribution is 2.23. The molecule has 0 radical (unpaired) electrons. The smallest absolute Gasteiger partial charge is 0.190 e. The van der Waals surface area contributed by atoms with Crippen molar-refractivity contribution in [2.45, 2.75) is 26.0 Å². The third kappa shape index (κ3) is 3.43. The lowest BCUT2D eigenvalue weighted by Gasteiger charge is -2.10. The molecular formula is C11H15F2NO2. The Labute approximate surface area is 92.8 Å². The van der Waals surface area contributed by atoms with Gasteiger partial charge in [-0.15, -0.1) is 0 Å². The van der Waals surface area contributed by atoms with Crippen LogP contribution in [0, 0.1) is 11.6 Å². The van der Waals surface area contributed by atoms with Crippen molar-refractivity contribution in [1.29, 1.82) is 0 Å². The third-order valence-electron chi connectivity index (χ3n) is 2.08. The second-order valence-electron chi connectivity index (χ2n) is 3.58. The molecule has 0 amide bonds. The molecule has 0 aromatic heterocycles. The van der Waals surface area contributed by atoms with E-state index >= 15 is 0 Å². The van der Waals surface area contributed by atoms with Crippen LogP contribution < -0.4 is 10.5 Å². The van der Waals surface area contributed by atoms with Gasteiger partial charge in [-0.1, -0.05) is 0 Å². The minimum absolute atomic E-state index is 0.0630. The van der Waals surface area contributed by atoms with Gasteiger partial charge in [0.15, 0.2) is 17.4 Å². The fraction of sp³-hybridized carbons (Fsp3) is 0.455. The van der Waals surface area contributed by atoms with Crippen molar-refractivity contribution < 1.29 is 18.6 Å². The highest BCUT2D eigenvalue weighted by molar-refractivity contribution is 5.31. The zero-order chi connectivity index (χ0) is 12.1. The predicted octanol–water partition coefficient (Wildman–Crippen LogP) is 1.57. The summed E-state index contributed by atoms with van der Waals surface area (Å²) in [5.41, 5.74) is 5.64. The van der Waals surface area contributed by atoms with Crippen LogP contribution in [0.5, 0.6) is 5.75 Å². The Morgan fingerprint density at radius 2 is 1.94 bits per heavy atom. The molecule has 16 heavy (non-hydrogen) atoms. The number of rotatable bonds is 5. The van der Waals surface area contributed by atoms with Gasteiger partial charge in [-0.2, -0.15) is 0 Å². The van der Waals surface area contributed by atoms with Crippen LogP contribution >= 0.6 is 0 Å². The highest BCUT2D eigenvalue weighted by Gasteiger charge is 2.12. The zero-order valence-corrected chi connectivity index (χ0v) is 9.04. The Kier molecular flexibility index (Phi) is 4.64. The Morgan fingerprint density at radius 1 is 1.38 bits per heavy atom. The van der Waals surface area contributed by atoms with E-state index in [0.29, 0.717) is 12.0 Å². The van der Waals surface area contributed by atoms with Gasteiger partial charge in [-0.25, -0.2) is 8.78 Å². The molecular weight excluding hydrogens is 216 g/mol. The van der Waals surface area contributed by atoms with Crippen molar-refractivity contribution in [3.8, 4) is 5.75 Å². The Hall–Kier alpha value is -1.20. The molecule has 0 aliphatic carbocycles. The summed E-state index contributed by atoms with van der Waals surface area (Å²) in [7, 11) is 0. The van der Waals surface area contributed by atoms with Crippen LogP contribution in [0.3, 0.4) is 0 Å². The number of hydrogen-bond donors (Lipinski definition) is 2. The Balaban J connectivity index is 2.72. The van der Waals surface area contributed by atoms with Gasteiger partial charge in [0.25, 0.3) is 0 Å². The fourth-order valence-corrected chi connectivity index (χ4v) is 1.20. The molecule has 0 saturated heterocycles. The van der Waals surface area contributed by atoms with Gasteiger partial charge in [0.2, 0.25) is 0 Å². The monoisotopic (exact) mass is 231 g/mol. The van der Waals surface area contributed by atoms with Crippen LogP contribution in [-0.4, -0.2) is 17.8 Å². The molecule has 0 heterocycles.